The molecule has 0 saturated carbocycles. The summed E-state index contributed by atoms with van der Waals surface area (Å²) in [5.41, 5.74) is 4.04. The van der Waals surface area contributed by atoms with Gasteiger partial charge in [0.25, 0.3) is 10.1 Å². The van der Waals surface area contributed by atoms with Crippen LogP contribution in [-0.2, 0) is 23.0 Å². The highest BCUT2D eigenvalue weighted by Gasteiger charge is 2.23. The molecule has 1 atom stereocenters. The molecule has 0 aliphatic carbocycles. The van der Waals surface area contributed by atoms with Gasteiger partial charge in [-0.3, -0.25) is 4.55 Å². The van der Waals surface area contributed by atoms with E-state index < -0.39 is 10.1 Å². The van der Waals surface area contributed by atoms with E-state index in [-0.39, 0.29) is 6.04 Å². The maximum Gasteiger partial charge on any atom is 0.261 e. The van der Waals surface area contributed by atoms with Crippen LogP contribution in [0.5, 0.6) is 11.5 Å². The highest BCUT2D eigenvalue weighted by molar-refractivity contribution is 7.85. The van der Waals surface area contributed by atoms with Crippen LogP contribution in [0.4, 0.5) is 0 Å². The molecule has 2 N–H and O–H groups in total. The lowest BCUT2D eigenvalue weighted by Crippen LogP contribution is -2.31. The molecule has 1 aliphatic rings. The normalized spacial score (nSPS) is 15.7. The maximum absolute atomic E-state index is 9.19. The summed E-state index contributed by atoms with van der Waals surface area (Å²) in [5.74, 6) is 1.61. The van der Waals surface area contributed by atoms with Gasteiger partial charge in [0.2, 0.25) is 0 Å². The Bertz CT molecular complexity index is 1110. The summed E-state index contributed by atoms with van der Waals surface area (Å²) >= 11 is 0. The van der Waals surface area contributed by atoms with Crippen molar-refractivity contribution in [2.24, 2.45) is 0 Å². The van der Waals surface area contributed by atoms with E-state index in [1.54, 1.807) is 14.2 Å². The number of hydrogen-bond acceptors (Lipinski definition) is 5. The summed E-state index contributed by atoms with van der Waals surface area (Å²) in [5, 5.41) is 6.31. The van der Waals surface area contributed by atoms with Gasteiger partial charge in [0, 0.05) is 6.04 Å². The Morgan fingerprint density at radius 1 is 1.03 bits per heavy atom. The molecule has 7 heteroatoms. The molecule has 160 valence electrons. The summed E-state index contributed by atoms with van der Waals surface area (Å²) < 4.78 is 36.9. The molecule has 1 heterocycles. The summed E-state index contributed by atoms with van der Waals surface area (Å²) in [7, 11) is -0.279. The van der Waals surface area contributed by atoms with Crippen molar-refractivity contribution in [3.63, 3.8) is 0 Å². The Balaban J connectivity index is 0.000000461. The van der Waals surface area contributed by atoms with E-state index in [0.717, 1.165) is 30.9 Å². The minimum atomic E-state index is -3.67. The van der Waals surface area contributed by atoms with Gasteiger partial charge < -0.3 is 14.8 Å². The number of methoxy groups -OCH3 is 2. The van der Waals surface area contributed by atoms with Crippen molar-refractivity contribution in [3.05, 3.63) is 71.3 Å². The molecule has 0 fully saturated rings. The number of fused-ring (bicyclic) bond motifs is 2. The fraction of sp³-hybridized carbons (Fsp3) is 0.304. The molecule has 30 heavy (non-hydrogen) atoms. The van der Waals surface area contributed by atoms with Gasteiger partial charge in [-0.1, -0.05) is 42.5 Å². The topological polar surface area (TPSA) is 84.9 Å². The first kappa shape index (κ1) is 22.1. The van der Waals surface area contributed by atoms with Crippen LogP contribution in [0.15, 0.2) is 54.6 Å². The van der Waals surface area contributed by atoms with E-state index >= 15 is 0 Å². The SMILES string of the molecule is COc1cc2c(cc1OC)[C@H](Cc1cccc3ccccc13)NCC2.CS(=O)(=O)O. The van der Waals surface area contributed by atoms with Gasteiger partial charge in [-0.05, 0) is 59.0 Å². The lowest BCUT2D eigenvalue weighted by molar-refractivity contribution is 0.352. The number of hydrogen-bond donors (Lipinski definition) is 2. The van der Waals surface area contributed by atoms with Gasteiger partial charge in [-0.2, -0.15) is 8.42 Å². The Hall–Kier alpha value is -2.61. The monoisotopic (exact) mass is 429 g/mol. The second-order valence-electron chi connectivity index (χ2n) is 7.24. The molecule has 0 bridgehead atoms. The van der Waals surface area contributed by atoms with Crippen molar-refractivity contribution in [3.8, 4) is 11.5 Å². The zero-order chi connectivity index (χ0) is 21.7. The van der Waals surface area contributed by atoms with E-state index in [2.05, 4.69) is 59.9 Å². The van der Waals surface area contributed by atoms with E-state index in [1.165, 1.54) is 27.5 Å². The quantitative estimate of drug-likeness (QED) is 0.614. The minimum absolute atomic E-state index is 0.286. The first-order chi connectivity index (χ1) is 14.3. The van der Waals surface area contributed by atoms with Gasteiger partial charge in [0.1, 0.15) is 0 Å². The molecular weight excluding hydrogens is 402 g/mol. The van der Waals surface area contributed by atoms with Crippen molar-refractivity contribution < 1.29 is 22.4 Å². The number of ether oxygens (including phenoxy) is 2. The van der Waals surface area contributed by atoms with Crippen LogP contribution in [0.2, 0.25) is 0 Å². The fourth-order valence-corrected chi connectivity index (χ4v) is 3.84. The van der Waals surface area contributed by atoms with Gasteiger partial charge in [0.15, 0.2) is 11.5 Å². The maximum atomic E-state index is 9.19. The van der Waals surface area contributed by atoms with E-state index in [4.69, 9.17) is 14.0 Å². The van der Waals surface area contributed by atoms with Gasteiger partial charge >= 0.3 is 0 Å². The molecule has 3 aromatic carbocycles. The molecule has 4 rings (SSSR count). The van der Waals surface area contributed by atoms with Crippen LogP contribution in [-0.4, -0.2) is 40.0 Å². The molecule has 1 aliphatic heterocycles. The number of benzene rings is 3. The smallest absolute Gasteiger partial charge is 0.261 e. The van der Waals surface area contributed by atoms with Crippen LogP contribution >= 0.6 is 0 Å². The molecule has 6 nitrogen and oxygen atoms in total. The van der Waals surface area contributed by atoms with Crippen LogP contribution in [0.1, 0.15) is 22.7 Å². The number of nitrogens with one attached hydrogen (secondary N) is 1. The lowest BCUT2D eigenvalue weighted by atomic mass is 9.88. The third-order valence-electron chi connectivity index (χ3n) is 5.11. The standard InChI is InChI=1S/C22H23NO2.CH4O3S/c1-24-21-13-17-10-11-23-20(19(17)14-22(21)25-2)12-16-8-5-7-15-6-3-4-9-18(15)16;1-5(2,3)4/h3-9,13-14,20,23H,10-12H2,1-2H3;1H3,(H,2,3,4)/t20-;/m0./s1. The first-order valence-electron chi connectivity index (χ1n) is 9.67. The van der Waals surface area contributed by atoms with Crippen LogP contribution in [0.3, 0.4) is 0 Å². The average Bonchev–Trinajstić information content (AvgIpc) is 2.72. The van der Waals surface area contributed by atoms with Gasteiger partial charge in [-0.15, -0.1) is 0 Å². The van der Waals surface area contributed by atoms with Gasteiger partial charge in [0.05, 0.1) is 20.5 Å². The Labute approximate surface area is 177 Å². The fourth-order valence-electron chi connectivity index (χ4n) is 3.84. The van der Waals surface area contributed by atoms with Crippen LogP contribution in [0, 0.1) is 0 Å². The lowest BCUT2D eigenvalue weighted by Gasteiger charge is -2.28. The van der Waals surface area contributed by atoms with Crippen molar-refractivity contribution in [2.45, 2.75) is 18.9 Å². The molecule has 0 unspecified atom stereocenters. The molecule has 0 saturated heterocycles. The van der Waals surface area contributed by atoms with Crippen molar-refractivity contribution >= 4 is 20.9 Å². The second kappa shape index (κ2) is 9.47. The summed E-state index contributed by atoms with van der Waals surface area (Å²) in [6, 6.07) is 19.7. The van der Waals surface area contributed by atoms with Crippen LogP contribution in [0.25, 0.3) is 10.8 Å². The second-order valence-corrected chi connectivity index (χ2v) is 8.70. The third-order valence-corrected chi connectivity index (χ3v) is 5.11. The van der Waals surface area contributed by atoms with E-state index in [9.17, 15) is 8.42 Å². The zero-order valence-electron chi connectivity index (χ0n) is 17.4. The zero-order valence-corrected chi connectivity index (χ0v) is 18.2. The summed E-state index contributed by atoms with van der Waals surface area (Å²) in [6.07, 6.45) is 2.69. The number of rotatable bonds is 4. The summed E-state index contributed by atoms with van der Waals surface area (Å²) in [4.78, 5) is 0. The molecule has 0 radical (unpaired) electrons. The third kappa shape index (κ3) is 5.50. The Morgan fingerprint density at radius 2 is 1.67 bits per heavy atom. The molecular formula is C23H27NO5S. The molecule has 0 aromatic heterocycles. The highest BCUT2D eigenvalue weighted by atomic mass is 32.2. The van der Waals surface area contributed by atoms with Crippen molar-refractivity contribution in [1.82, 2.24) is 5.32 Å². The Morgan fingerprint density at radius 3 is 2.37 bits per heavy atom. The molecule has 0 spiro atoms. The highest BCUT2D eigenvalue weighted by Crippen LogP contribution is 2.36. The average molecular weight is 430 g/mol. The predicted molar refractivity (Wildman–Crippen MR) is 119 cm³/mol. The van der Waals surface area contributed by atoms with Crippen LogP contribution < -0.4 is 14.8 Å². The largest absolute Gasteiger partial charge is 0.493 e. The van der Waals surface area contributed by atoms with Gasteiger partial charge in [-0.25, -0.2) is 0 Å². The summed E-state index contributed by atoms with van der Waals surface area (Å²) in [6.45, 7) is 0.984. The first-order valence-corrected chi connectivity index (χ1v) is 11.5. The minimum Gasteiger partial charge on any atom is -0.493 e. The van der Waals surface area contributed by atoms with Crippen molar-refractivity contribution in [1.29, 1.82) is 0 Å². The van der Waals surface area contributed by atoms with E-state index in [0.29, 0.717) is 6.26 Å². The van der Waals surface area contributed by atoms with E-state index in [1.807, 2.05) is 0 Å². The molecule has 3 aromatic rings. The predicted octanol–water partition coefficient (Wildman–Crippen LogP) is 3.79. The molecule has 0 amide bonds. The van der Waals surface area contributed by atoms with Crippen molar-refractivity contribution in [2.75, 3.05) is 27.0 Å². The Kier molecular flexibility index (Phi) is 6.97.